The van der Waals surface area contributed by atoms with Gasteiger partial charge in [0, 0.05) is 43.5 Å². The molecule has 4 heterocycles. The number of carbonyl (C=O) groups is 1. The summed E-state index contributed by atoms with van der Waals surface area (Å²) < 4.78 is 2.18. The Labute approximate surface area is 300 Å². The highest BCUT2D eigenvalue weighted by Crippen LogP contribution is 2.24. The highest BCUT2D eigenvalue weighted by molar-refractivity contribution is 5.94. The van der Waals surface area contributed by atoms with Gasteiger partial charge in [-0.25, -0.2) is 9.97 Å². The first-order valence-electron chi connectivity index (χ1n) is 17.8. The van der Waals surface area contributed by atoms with Gasteiger partial charge in [-0.05, 0) is 92.9 Å². The Bertz CT molecular complexity index is 2140. The number of pyridine rings is 2. The molecule has 0 unspecified atom stereocenters. The molecular formula is C44H44N6O. The Kier molecular flexibility index (Phi) is 10.6. The second kappa shape index (κ2) is 15.9. The summed E-state index contributed by atoms with van der Waals surface area (Å²) in [6.07, 6.45) is 12.5. The molecule has 51 heavy (non-hydrogen) atoms. The topological polar surface area (TPSA) is 67.2 Å². The van der Waals surface area contributed by atoms with E-state index in [1.54, 1.807) is 12.4 Å². The molecule has 7 nitrogen and oxygen atoms in total. The first kappa shape index (κ1) is 33.8. The number of imidazole rings is 1. The van der Waals surface area contributed by atoms with Gasteiger partial charge in [0.2, 0.25) is 0 Å². The summed E-state index contributed by atoms with van der Waals surface area (Å²) in [6.45, 7) is 8.96. The molecule has 1 amide bonds. The summed E-state index contributed by atoms with van der Waals surface area (Å²) >= 11 is 0. The summed E-state index contributed by atoms with van der Waals surface area (Å²) in [5, 5.41) is 0. The molecule has 0 atom stereocenters. The van der Waals surface area contributed by atoms with Crippen LogP contribution in [0.4, 0.5) is 0 Å². The summed E-state index contributed by atoms with van der Waals surface area (Å²) in [6, 6.07) is 35.0. The highest BCUT2D eigenvalue weighted by atomic mass is 16.2. The van der Waals surface area contributed by atoms with Crippen molar-refractivity contribution in [2.75, 3.05) is 26.2 Å². The average molecular weight is 673 g/mol. The van der Waals surface area contributed by atoms with Crippen molar-refractivity contribution in [1.29, 1.82) is 0 Å². The van der Waals surface area contributed by atoms with Crippen LogP contribution in [0.1, 0.15) is 62.7 Å². The molecule has 7 rings (SSSR count). The zero-order valence-corrected chi connectivity index (χ0v) is 29.5. The van der Waals surface area contributed by atoms with E-state index in [1.807, 2.05) is 78.6 Å². The Balaban J connectivity index is 1.09. The van der Waals surface area contributed by atoms with Gasteiger partial charge in [0.05, 0.1) is 23.1 Å². The number of amides is 1. The van der Waals surface area contributed by atoms with Crippen LogP contribution >= 0.6 is 0 Å². The molecule has 7 heteroatoms. The molecule has 0 bridgehead atoms. The monoisotopic (exact) mass is 672 g/mol. The van der Waals surface area contributed by atoms with Crippen LogP contribution in [0, 0.1) is 13.8 Å². The van der Waals surface area contributed by atoms with E-state index in [2.05, 4.69) is 81.0 Å². The summed E-state index contributed by atoms with van der Waals surface area (Å²) in [5.41, 5.74) is 10.1. The summed E-state index contributed by atoms with van der Waals surface area (Å²) in [7, 11) is 0. The number of rotatable bonds is 12. The quantitative estimate of drug-likeness (QED) is 0.131. The third-order valence-corrected chi connectivity index (χ3v) is 9.56. The van der Waals surface area contributed by atoms with Gasteiger partial charge in [0.15, 0.2) is 0 Å². The maximum absolute atomic E-state index is 14.0. The molecule has 1 aliphatic rings. The molecule has 1 aliphatic heterocycles. The maximum Gasteiger partial charge on any atom is 0.254 e. The number of aryl methyl sites for hydroxylation is 2. The van der Waals surface area contributed by atoms with Gasteiger partial charge in [-0.1, -0.05) is 90.5 Å². The Morgan fingerprint density at radius 3 is 2.35 bits per heavy atom. The second-order valence-electron chi connectivity index (χ2n) is 13.3. The van der Waals surface area contributed by atoms with E-state index in [9.17, 15) is 4.79 Å². The van der Waals surface area contributed by atoms with Gasteiger partial charge < -0.3 is 9.47 Å². The molecule has 0 saturated carbocycles. The van der Waals surface area contributed by atoms with Crippen LogP contribution in [-0.2, 0) is 13.1 Å². The van der Waals surface area contributed by atoms with Crippen molar-refractivity contribution < 1.29 is 4.79 Å². The standard InChI is InChI=1S/C44H44N6O/c1-33-15-19-37(20-16-33)40(24-29-48-26-6-7-27-48)41-14-8-12-39(47-41)13-9-28-49(31-35-10-4-3-5-11-35)44(51)38-21-17-36(18-22-38)32-50-34(2)46-42-30-45-25-23-43(42)50/h3-5,8-25,30H,6-7,26-29,31-32H2,1-2H3/b13-9+,40-24+. The van der Waals surface area contributed by atoms with Crippen molar-refractivity contribution >= 4 is 28.6 Å². The van der Waals surface area contributed by atoms with Crippen molar-refractivity contribution in [2.45, 2.75) is 39.8 Å². The fourth-order valence-electron chi connectivity index (χ4n) is 6.73. The predicted octanol–water partition coefficient (Wildman–Crippen LogP) is 8.37. The van der Waals surface area contributed by atoms with Gasteiger partial charge in [0.1, 0.15) is 11.3 Å². The average Bonchev–Trinajstić information content (AvgIpc) is 3.80. The van der Waals surface area contributed by atoms with Crippen molar-refractivity contribution in [3.63, 3.8) is 0 Å². The minimum absolute atomic E-state index is 0.0152. The van der Waals surface area contributed by atoms with Crippen molar-refractivity contribution in [2.24, 2.45) is 0 Å². The molecule has 0 spiro atoms. The van der Waals surface area contributed by atoms with E-state index in [4.69, 9.17) is 4.98 Å². The highest BCUT2D eigenvalue weighted by Gasteiger charge is 2.17. The second-order valence-corrected chi connectivity index (χ2v) is 13.3. The van der Waals surface area contributed by atoms with E-state index in [-0.39, 0.29) is 5.91 Å². The molecule has 0 N–H and O–H groups in total. The van der Waals surface area contributed by atoms with Crippen LogP contribution in [0.25, 0.3) is 22.7 Å². The lowest BCUT2D eigenvalue weighted by Gasteiger charge is -2.22. The van der Waals surface area contributed by atoms with Crippen LogP contribution in [0.5, 0.6) is 0 Å². The first-order valence-corrected chi connectivity index (χ1v) is 17.8. The van der Waals surface area contributed by atoms with Gasteiger partial charge in [-0.15, -0.1) is 0 Å². The summed E-state index contributed by atoms with van der Waals surface area (Å²) in [4.78, 5) is 32.3. The zero-order valence-electron chi connectivity index (χ0n) is 29.5. The molecule has 1 saturated heterocycles. The largest absolute Gasteiger partial charge is 0.331 e. The van der Waals surface area contributed by atoms with Crippen LogP contribution < -0.4 is 0 Å². The number of fused-ring (bicyclic) bond motifs is 1. The van der Waals surface area contributed by atoms with E-state index >= 15 is 0 Å². The molecule has 6 aromatic rings. The van der Waals surface area contributed by atoms with Gasteiger partial charge in [-0.2, -0.15) is 0 Å². The SMILES string of the molecule is Cc1ccc(/C(=C\CN2CCCC2)c2cccc(/C=C/CN(Cc3ccccc3)C(=O)c3ccc(Cn4c(C)nc5cnccc54)cc3)n2)cc1. The normalized spacial score (nSPS) is 13.7. The minimum Gasteiger partial charge on any atom is -0.331 e. The molecular weight excluding hydrogens is 629 g/mol. The van der Waals surface area contributed by atoms with E-state index in [0.717, 1.165) is 64.6 Å². The zero-order chi connectivity index (χ0) is 35.0. The van der Waals surface area contributed by atoms with Gasteiger partial charge in [0.25, 0.3) is 5.91 Å². The Morgan fingerprint density at radius 1 is 0.804 bits per heavy atom. The van der Waals surface area contributed by atoms with Crippen molar-refractivity contribution in [3.05, 3.63) is 173 Å². The molecule has 0 aliphatic carbocycles. The van der Waals surface area contributed by atoms with Gasteiger partial charge in [-0.3, -0.25) is 14.7 Å². The number of benzene rings is 3. The van der Waals surface area contributed by atoms with Crippen LogP contribution in [0.3, 0.4) is 0 Å². The first-order chi connectivity index (χ1) is 25.0. The lowest BCUT2D eigenvalue weighted by molar-refractivity contribution is 0.0763. The maximum atomic E-state index is 14.0. The number of nitrogens with zero attached hydrogens (tertiary/aromatic N) is 6. The molecule has 0 radical (unpaired) electrons. The van der Waals surface area contributed by atoms with Crippen LogP contribution in [-0.4, -0.2) is 61.4 Å². The lowest BCUT2D eigenvalue weighted by Crippen LogP contribution is -2.30. The third kappa shape index (κ3) is 8.39. The van der Waals surface area contributed by atoms with Crippen LogP contribution in [0.15, 0.2) is 128 Å². The predicted molar refractivity (Wildman–Crippen MR) is 206 cm³/mol. The fraction of sp³-hybridized carbons (Fsp3) is 0.227. The van der Waals surface area contributed by atoms with E-state index in [1.165, 1.54) is 24.0 Å². The number of likely N-dealkylation sites (tertiary alicyclic amines) is 1. The molecule has 256 valence electrons. The molecule has 3 aromatic carbocycles. The smallest absolute Gasteiger partial charge is 0.254 e. The minimum atomic E-state index is -0.0152. The van der Waals surface area contributed by atoms with Crippen molar-refractivity contribution in [3.8, 4) is 0 Å². The summed E-state index contributed by atoms with van der Waals surface area (Å²) in [5.74, 6) is 0.919. The van der Waals surface area contributed by atoms with Crippen molar-refractivity contribution in [1.82, 2.24) is 29.3 Å². The Morgan fingerprint density at radius 2 is 1.57 bits per heavy atom. The van der Waals surface area contributed by atoms with E-state index < -0.39 is 0 Å². The van der Waals surface area contributed by atoms with E-state index in [0.29, 0.717) is 25.2 Å². The Hall–Kier alpha value is -5.66. The molecule has 3 aromatic heterocycles. The number of aromatic nitrogens is 4. The fourth-order valence-corrected chi connectivity index (χ4v) is 6.73. The lowest BCUT2D eigenvalue weighted by atomic mass is 10.00. The van der Waals surface area contributed by atoms with Gasteiger partial charge >= 0.3 is 0 Å². The third-order valence-electron chi connectivity index (χ3n) is 9.56. The number of carbonyl (C=O) groups excluding carboxylic acids is 1. The molecule has 1 fully saturated rings. The number of hydrogen-bond acceptors (Lipinski definition) is 5. The van der Waals surface area contributed by atoms with Crippen LogP contribution in [0.2, 0.25) is 0 Å². The number of hydrogen-bond donors (Lipinski definition) is 0.